The topological polar surface area (TPSA) is 56.1 Å². The molecule has 3 aromatic rings. The van der Waals surface area contributed by atoms with Crippen molar-refractivity contribution in [1.82, 2.24) is 9.78 Å². The quantitative estimate of drug-likeness (QED) is 0.690. The summed E-state index contributed by atoms with van der Waals surface area (Å²) in [6.07, 6.45) is -3.80. The standard InChI is InChI=1S/C18H13ClF3N3O2/c1-27-15-5-3-2-4-13(15)17(26)24-14-10-23-25(16(14)18(20,21)22)12-8-6-11(19)7-9-12/h2-10H,1H3,(H,24,26). The first-order valence-electron chi connectivity index (χ1n) is 7.67. The van der Waals surface area contributed by atoms with Gasteiger partial charge in [0, 0.05) is 5.02 Å². The highest BCUT2D eigenvalue weighted by Crippen LogP contribution is 2.36. The fourth-order valence-electron chi connectivity index (χ4n) is 2.51. The van der Waals surface area contributed by atoms with Crippen LogP contribution < -0.4 is 10.1 Å². The highest BCUT2D eigenvalue weighted by atomic mass is 35.5. The Bertz CT molecular complexity index is 969. The van der Waals surface area contributed by atoms with Gasteiger partial charge in [0.1, 0.15) is 5.75 Å². The molecule has 0 saturated carbocycles. The van der Waals surface area contributed by atoms with E-state index in [1.807, 2.05) is 0 Å². The van der Waals surface area contributed by atoms with Crippen LogP contribution >= 0.6 is 11.6 Å². The van der Waals surface area contributed by atoms with E-state index in [1.54, 1.807) is 12.1 Å². The van der Waals surface area contributed by atoms with E-state index in [0.717, 1.165) is 6.20 Å². The average Bonchev–Trinajstić information content (AvgIpc) is 3.06. The smallest absolute Gasteiger partial charge is 0.435 e. The third-order valence-electron chi connectivity index (χ3n) is 3.71. The summed E-state index contributed by atoms with van der Waals surface area (Å²) in [5, 5.41) is 6.42. The van der Waals surface area contributed by atoms with Gasteiger partial charge in [-0.3, -0.25) is 4.79 Å². The van der Waals surface area contributed by atoms with E-state index in [1.165, 1.54) is 43.5 Å². The number of hydrogen-bond donors (Lipinski definition) is 1. The molecule has 27 heavy (non-hydrogen) atoms. The molecule has 1 heterocycles. The van der Waals surface area contributed by atoms with E-state index >= 15 is 0 Å². The first-order chi connectivity index (χ1) is 12.8. The van der Waals surface area contributed by atoms with Gasteiger partial charge in [0.05, 0.1) is 30.2 Å². The van der Waals surface area contributed by atoms with Crippen molar-refractivity contribution in [3.8, 4) is 11.4 Å². The van der Waals surface area contributed by atoms with Crippen LogP contribution in [0.2, 0.25) is 5.02 Å². The first-order valence-corrected chi connectivity index (χ1v) is 8.04. The molecule has 0 fully saturated rings. The summed E-state index contributed by atoms with van der Waals surface area (Å²) < 4.78 is 46.7. The predicted molar refractivity (Wildman–Crippen MR) is 94.5 cm³/mol. The molecule has 1 N–H and O–H groups in total. The van der Waals surface area contributed by atoms with Crippen molar-refractivity contribution >= 4 is 23.2 Å². The second-order valence-electron chi connectivity index (χ2n) is 5.45. The van der Waals surface area contributed by atoms with E-state index < -0.39 is 23.5 Å². The number of para-hydroxylation sites is 1. The SMILES string of the molecule is COc1ccccc1C(=O)Nc1cnn(-c2ccc(Cl)cc2)c1C(F)(F)F. The molecule has 0 radical (unpaired) electrons. The minimum atomic E-state index is -4.75. The minimum absolute atomic E-state index is 0.104. The lowest BCUT2D eigenvalue weighted by atomic mass is 10.2. The number of hydrogen-bond acceptors (Lipinski definition) is 3. The van der Waals surface area contributed by atoms with Crippen LogP contribution in [0.3, 0.4) is 0 Å². The number of nitrogens with zero attached hydrogens (tertiary/aromatic N) is 2. The van der Waals surface area contributed by atoms with E-state index in [2.05, 4.69) is 10.4 Å². The average molecular weight is 396 g/mol. The third-order valence-corrected chi connectivity index (χ3v) is 3.96. The van der Waals surface area contributed by atoms with Crippen LogP contribution in [0, 0.1) is 0 Å². The second-order valence-corrected chi connectivity index (χ2v) is 5.88. The molecule has 0 unspecified atom stereocenters. The maximum atomic E-state index is 13.6. The molecule has 0 aliphatic rings. The van der Waals surface area contributed by atoms with Crippen molar-refractivity contribution in [2.45, 2.75) is 6.18 Å². The van der Waals surface area contributed by atoms with Crippen LogP contribution in [-0.2, 0) is 6.18 Å². The van der Waals surface area contributed by atoms with Crippen molar-refractivity contribution in [1.29, 1.82) is 0 Å². The molecule has 0 bridgehead atoms. The highest BCUT2D eigenvalue weighted by molar-refractivity contribution is 6.30. The number of nitrogens with one attached hydrogen (secondary N) is 1. The van der Waals surface area contributed by atoms with Gasteiger partial charge in [-0.15, -0.1) is 0 Å². The normalized spacial score (nSPS) is 11.3. The number of aromatic nitrogens is 2. The molecule has 1 aromatic heterocycles. The molecule has 0 atom stereocenters. The lowest BCUT2D eigenvalue weighted by Gasteiger charge is -2.14. The van der Waals surface area contributed by atoms with Gasteiger partial charge in [0.15, 0.2) is 5.69 Å². The Balaban J connectivity index is 2.01. The van der Waals surface area contributed by atoms with Gasteiger partial charge < -0.3 is 10.1 Å². The lowest BCUT2D eigenvalue weighted by Crippen LogP contribution is -2.19. The van der Waals surface area contributed by atoms with E-state index in [-0.39, 0.29) is 17.0 Å². The van der Waals surface area contributed by atoms with Gasteiger partial charge in [-0.05, 0) is 36.4 Å². The monoisotopic (exact) mass is 395 g/mol. The summed E-state index contributed by atoms with van der Waals surface area (Å²) in [5.74, 6) is -0.498. The van der Waals surface area contributed by atoms with E-state index in [4.69, 9.17) is 16.3 Å². The fraction of sp³-hybridized carbons (Fsp3) is 0.111. The summed E-state index contributed by atoms with van der Waals surface area (Å²) in [7, 11) is 1.37. The molecule has 1 amide bonds. The van der Waals surface area contributed by atoms with Crippen LogP contribution in [0.4, 0.5) is 18.9 Å². The maximum Gasteiger partial charge on any atom is 0.435 e. The van der Waals surface area contributed by atoms with Crippen molar-refractivity contribution in [2.75, 3.05) is 12.4 Å². The summed E-state index contributed by atoms with van der Waals surface area (Å²) in [6.45, 7) is 0. The zero-order valence-electron chi connectivity index (χ0n) is 13.9. The number of carbonyl (C=O) groups excluding carboxylic acids is 1. The van der Waals surface area contributed by atoms with Gasteiger partial charge >= 0.3 is 6.18 Å². The van der Waals surface area contributed by atoms with E-state index in [0.29, 0.717) is 9.70 Å². The Hall–Kier alpha value is -3.00. The second kappa shape index (κ2) is 7.32. The maximum absolute atomic E-state index is 13.6. The van der Waals surface area contributed by atoms with E-state index in [9.17, 15) is 18.0 Å². The molecule has 0 aliphatic carbocycles. The van der Waals surface area contributed by atoms with Gasteiger partial charge in [0.2, 0.25) is 0 Å². The molecule has 3 rings (SSSR count). The molecule has 2 aromatic carbocycles. The summed E-state index contributed by atoms with van der Waals surface area (Å²) in [5.41, 5.74) is -1.31. The zero-order chi connectivity index (χ0) is 19.6. The summed E-state index contributed by atoms with van der Waals surface area (Å²) >= 11 is 5.78. The number of carbonyl (C=O) groups is 1. The van der Waals surface area contributed by atoms with Crippen LogP contribution in [-0.4, -0.2) is 22.8 Å². The molecule has 9 heteroatoms. The number of rotatable bonds is 4. The van der Waals surface area contributed by atoms with Crippen LogP contribution in [0.25, 0.3) is 5.69 Å². The number of halogens is 4. The molecule has 0 aliphatic heterocycles. The Morgan fingerprint density at radius 2 is 1.81 bits per heavy atom. The largest absolute Gasteiger partial charge is 0.496 e. The number of methoxy groups -OCH3 is 1. The van der Waals surface area contributed by atoms with Crippen LogP contribution in [0.1, 0.15) is 16.1 Å². The van der Waals surface area contributed by atoms with Crippen molar-refractivity contribution < 1.29 is 22.7 Å². The van der Waals surface area contributed by atoms with Gasteiger partial charge in [-0.25, -0.2) is 4.68 Å². The molecule has 5 nitrogen and oxygen atoms in total. The van der Waals surface area contributed by atoms with Crippen LogP contribution in [0.15, 0.2) is 54.7 Å². The Morgan fingerprint density at radius 3 is 2.44 bits per heavy atom. The number of anilines is 1. The molecule has 140 valence electrons. The highest BCUT2D eigenvalue weighted by Gasteiger charge is 2.39. The Kier molecular flexibility index (Phi) is 5.09. The van der Waals surface area contributed by atoms with Crippen LogP contribution in [0.5, 0.6) is 5.75 Å². The number of alkyl halides is 3. The number of ether oxygens (including phenoxy) is 1. The minimum Gasteiger partial charge on any atom is -0.496 e. The Labute approximate surface area is 157 Å². The van der Waals surface area contributed by atoms with Crippen molar-refractivity contribution in [2.24, 2.45) is 0 Å². The predicted octanol–water partition coefficient (Wildman–Crippen LogP) is 4.81. The fourth-order valence-corrected chi connectivity index (χ4v) is 2.64. The third kappa shape index (κ3) is 3.90. The summed E-state index contributed by atoms with van der Waals surface area (Å²) in [6, 6.07) is 11.9. The lowest BCUT2D eigenvalue weighted by molar-refractivity contribution is -0.142. The van der Waals surface area contributed by atoms with Gasteiger partial charge in [-0.2, -0.15) is 18.3 Å². The number of amides is 1. The van der Waals surface area contributed by atoms with Gasteiger partial charge in [0.25, 0.3) is 5.91 Å². The van der Waals surface area contributed by atoms with Crippen molar-refractivity contribution in [3.63, 3.8) is 0 Å². The Morgan fingerprint density at radius 1 is 1.15 bits per heavy atom. The molecule has 0 spiro atoms. The number of benzene rings is 2. The molecule has 0 saturated heterocycles. The first kappa shape index (κ1) is 18.8. The van der Waals surface area contributed by atoms with Gasteiger partial charge in [-0.1, -0.05) is 23.7 Å². The molecular formula is C18H13ClF3N3O2. The van der Waals surface area contributed by atoms with Crippen molar-refractivity contribution in [3.05, 3.63) is 71.0 Å². The summed E-state index contributed by atoms with van der Waals surface area (Å²) in [4.78, 5) is 12.5. The zero-order valence-corrected chi connectivity index (χ0v) is 14.7. The molecular weight excluding hydrogens is 383 g/mol.